The summed E-state index contributed by atoms with van der Waals surface area (Å²) in [5.41, 5.74) is -0.423. The van der Waals surface area contributed by atoms with Gasteiger partial charge in [-0.3, -0.25) is 9.69 Å². The fourth-order valence-electron chi connectivity index (χ4n) is 1.69. The number of nitrogens with zero attached hydrogens (tertiary/aromatic N) is 1. The molecule has 1 saturated heterocycles. The third-order valence-corrected chi connectivity index (χ3v) is 4.68. The molecule has 16 heavy (non-hydrogen) atoms. The Balaban J connectivity index is 2.58. The van der Waals surface area contributed by atoms with E-state index in [4.69, 9.17) is 4.74 Å². The van der Waals surface area contributed by atoms with Gasteiger partial charge in [-0.05, 0) is 34.1 Å². The Kier molecular flexibility index (Phi) is 4.72. The van der Waals surface area contributed by atoms with Crippen LogP contribution in [0.5, 0.6) is 0 Å². The summed E-state index contributed by atoms with van der Waals surface area (Å²) in [7, 11) is 0. The highest BCUT2D eigenvalue weighted by Gasteiger charge is 2.37. The van der Waals surface area contributed by atoms with E-state index in [0.29, 0.717) is 0 Å². The van der Waals surface area contributed by atoms with E-state index >= 15 is 0 Å². The molecule has 0 radical (unpaired) electrons. The van der Waals surface area contributed by atoms with Crippen LogP contribution >= 0.6 is 28.6 Å². The van der Waals surface area contributed by atoms with Crippen molar-refractivity contribution in [3.8, 4) is 0 Å². The second-order valence-corrected chi connectivity index (χ2v) is 6.78. The molecule has 94 valence electrons. The maximum Gasteiger partial charge on any atom is 0.323 e. The summed E-state index contributed by atoms with van der Waals surface area (Å²) in [6.45, 7) is 8.41. The Morgan fingerprint density at radius 1 is 1.56 bits per heavy atom. The van der Waals surface area contributed by atoms with Crippen molar-refractivity contribution in [1.29, 1.82) is 0 Å². The van der Waals surface area contributed by atoms with Gasteiger partial charge in [-0.1, -0.05) is 15.9 Å². The predicted octanol–water partition coefficient (Wildman–Crippen LogP) is 2.44. The topological polar surface area (TPSA) is 29.5 Å². The first-order chi connectivity index (χ1) is 7.22. The van der Waals surface area contributed by atoms with E-state index in [9.17, 15) is 4.79 Å². The third-order valence-electron chi connectivity index (χ3n) is 2.56. The highest BCUT2D eigenvalue weighted by atomic mass is 79.9. The molecule has 0 saturated carbocycles. The molecule has 0 amide bonds. The van der Waals surface area contributed by atoms with Crippen molar-refractivity contribution < 1.29 is 9.53 Å². The monoisotopic (exact) mass is 309 g/mol. The maximum absolute atomic E-state index is 11.9. The molecule has 0 aliphatic carbocycles. The Hall–Kier alpha value is 0.260. The first-order valence-electron chi connectivity index (χ1n) is 5.53. The van der Waals surface area contributed by atoms with Crippen LogP contribution in [0.1, 0.15) is 34.1 Å². The summed E-state index contributed by atoms with van der Waals surface area (Å²) in [5, 5.41) is 0.282. The number of hydrogen-bond acceptors (Lipinski definition) is 4. The summed E-state index contributed by atoms with van der Waals surface area (Å²) >= 11 is 8.02. The summed E-state index contributed by atoms with van der Waals surface area (Å²) in [5.74, 6) is -0.167. The molecule has 3 unspecified atom stereocenters. The lowest BCUT2D eigenvalue weighted by molar-refractivity contribution is -0.160. The number of carbonyl (C=O) groups excluding carboxylic acids is 1. The average molecular weight is 310 g/mol. The molecule has 0 aromatic heterocycles. The summed E-state index contributed by atoms with van der Waals surface area (Å²) in [6, 6.07) is -0.222. The van der Waals surface area contributed by atoms with Gasteiger partial charge < -0.3 is 4.74 Å². The Bertz CT molecular complexity index is 267. The van der Waals surface area contributed by atoms with E-state index < -0.39 is 5.60 Å². The molecule has 0 spiro atoms. The van der Waals surface area contributed by atoms with Gasteiger partial charge >= 0.3 is 5.97 Å². The number of hydrogen-bond donors (Lipinski definition) is 1. The highest BCUT2D eigenvalue weighted by Crippen LogP contribution is 2.29. The molecule has 1 heterocycles. The van der Waals surface area contributed by atoms with Gasteiger partial charge in [0.2, 0.25) is 0 Å². The van der Waals surface area contributed by atoms with Crippen LogP contribution < -0.4 is 0 Å². The van der Waals surface area contributed by atoms with Crippen LogP contribution in [0.25, 0.3) is 0 Å². The van der Waals surface area contributed by atoms with Crippen molar-refractivity contribution in [2.45, 2.75) is 56.0 Å². The number of esters is 1. The van der Waals surface area contributed by atoms with Crippen LogP contribution in [0.2, 0.25) is 0 Å². The highest BCUT2D eigenvalue weighted by molar-refractivity contribution is 9.09. The minimum Gasteiger partial charge on any atom is -0.459 e. The smallest absolute Gasteiger partial charge is 0.323 e. The van der Waals surface area contributed by atoms with Gasteiger partial charge in [0.05, 0.1) is 4.95 Å². The summed E-state index contributed by atoms with van der Waals surface area (Å²) < 4.78 is 5.37. The van der Waals surface area contributed by atoms with Gasteiger partial charge in [0.1, 0.15) is 11.6 Å². The SMILES string of the molecule is CC(C(=O)OC(C)(C)C)N1CCC(S)C1Br. The van der Waals surface area contributed by atoms with Crippen LogP contribution in [0.3, 0.4) is 0 Å². The van der Waals surface area contributed by atoms with Gasteiger partial charge in [0.15, 0.2) is 0 Å². The largest absolute Gasteiger partial charge is 0.459 e. The summed E-state index contributed by atoms with van der Waals surface area (Å²) in [4.78, 5) is 14.1. The molecular formula is C11H20BrNO2S. The minimum absolute atomic E-state index is 0.151. The van der Waals surface area contributed by atoms with Crippen LogP contribution in [0.15, 0.2) is 0 Å². The first-order valence-corrected chi connectivity index (χ1v) is 6.96. The van der Waals surface area contributed by atoms with Crippen molar-refractivity contribution in [3.05, 3.63) is 0 Å². The number of thiol groups is 1. The van der Waals surface area contributed by atoms with Gasteiger partial charge in [-0.15, -0.1) is 0 Å². The molecule has 5 heteroatoms. The van der Waals surface area contributed by atoms with E-state index in [1.165, 1.54) is 0 Å². The molecule has 1 rings (SSSR count). The zero-order valence-electron chi connectivity index (χ0n) is 10.2. The lowest BCUT2D eigenvalue weighted by Crippen LogP contribution is -2.44. The molecule has 1 aliphatic heterocycles. The molecule has 3 nitrogen and oxygen atoms in total. The number of halogens is 1. The Morgan fingerprint density at radius 2 is 2.12 bits per heavy atom. The first kappa shape index (κ1) is 14.3. The fourth-order valence-corrected chi connectivity index (χ4v) is 2.80. The van der Waals surface area contributed by atoms with Gasteiger partial charge in [-0.25, -0.2) is 0 Å². The van der Waals surface area contributed by atoms with Crippen molar-refractivity contribution in [3.63, 3.8) is 0 Å². The van der Waals surface area contributed by atoms with E-state index in [2.05, 4.69) is 33.5 Å². The number of rotatable bonds is 2. The van der Waals surface area contributed by atoms with E-state index in [1.807, 2.05) is 27.7 Å². The third kappa shape index (κ3) is 3.64. The van der Waals surface area contributed by atoms with Crippen LogP contribution in [0, 0.1) is 0 Å². The second kappa shape index (κ2) is 5.27. The van der Waals surface area contributed by atoms with Crippen molar-refractivity contribution in [1.82, 2.24) is 4.90 Å². The van der Waals surface area contributed by atoms with E-state index in [0.717, 1.165) is 13.0 Å². The lowest BCUT2D eigenvalue weighted by atomic mass is 10.2. The van der Waals surface area contributed by atoms with Crippen LogP contribution in [-0.4, -0.2) is 39.3 Å². The van der Waals surface area contributed by atoms with Crippen molar-refractivity contribution >= 4 is 34.5 Å². The minimum atomic E-state index is -0.423. The average Bonchev–Trinajstić information content (AvgIpc) is 2.44. The van der Waals surface area contributed by atoms with Gasteiger partial charge in [0, 0.05) is 11.8 Å². The van der Waals surface area contributed by atoms with Gasteiger partial charge in [-0.2, -0.15) is 12.6 Å². The molecule has 0 aromatic rings. The second-order valence-electron chi connectivity index (χ2n) is 5.18. The normalized spacial score (nSPS) is 29.1. The fraction of sp³-hybridized carbons (Fsp3) is 0.909. The zero-order valence-corrected chi connectivity index (χ0v) is 12.7. The van der Waals surface area contributed by atoms with Gasteiger partial charge in [0.25, 0.3) is 0 Å². The molecule has 3 atom stereocenters. The zero-order chi connectivity index (χ0) is 12.5. The Morgan fingerprint density at radius 3 is 2.50 bits per heavy atom. The lowest BCUT2D eigenvalue weighted by Gasteiger charge is -2.29. The number of likely N-dealkylation sites (tertiary alicyclic amines) is 1. The quantitative estimate of drug-likeness (QED) is 0.368. The molecule has 1 aliphatic rings. The van der Waals surface area contributed by atoms with Crippen molar-refractivity contribution in [2.75, 3.05) is 6.54 Å². The number of carbonyl (C=O) groups is 1. The van der Waals surface area contributed by atoms with Crippen LogP contribution in [0.4, 0.5) is 0 Å². The molecule has 0 aromatic carbocycles. The molecule has 0 N–H and O–H groups in total. The molecule has 1 fully saturated rings. The number of alkyl halides is 1. The number of ether oxygens (including phenoxy) is 1. The molecular weight excluding hydrogens is 290 g/mol. The maximum atomic E-state index is 11.9. The standard InChI is InChI=1S/C11H20BrNO2S/c1-7(10(14)15-11(2,3)4)13-6-5-8(16)9(13)12/h7-9,16H,5-6H2,1-4H3. The van der Waals surface area contributed by atoms with E-state index in [-0.39, 0.29) is 22.2 Å². The van der Waals surface area contributed by atoms with Crippen molar-refractivity contribution in [2.24, 2.45) is 0 Å². The Labute approximate surface area is 111 Å². The van der Waals surface area contributed by atoms with E-state index in [1.54, 1.807) is 0 Å². The predicted molar refractivity (Wildman–Crippen MR) is 72.1 cm³/mol. The molecule has 0 bridgehead atoms. The van der Waals surface area contributed by atoms with Crippen LogP contribution in [-0.2, 0) is 9.53 Å². The summed E-state index contributed by atoms with van der Waals surface area (Å²) in [6.07, 6.45) is 0.992.